The Bertz CT molecular complexity index is 523. The highest BCUT2D eigenvalue weighted by Crippen LogP contribution is 2.22. The minimum atomic E-state index is -0.629. The number of benzene rings is 1. The van der Waals surface area contributed by atoms with Gasteiger partial charge in [0, 0.05) is 22.9 Å². The van der Waals surface area contributed by atoms with Gasteiger partial charge in [0.1, 0.15) is 12.1 Å². The maximum atomic E-state index is 13.5. The average molecular weight is 219 g/mol. The van der Waals surface area contributed by atoms with E-state index in [0.29, 0.717) is 17.4 Å². The lowest BCUT2D eigenvalue weighted by Crippen LogP contribution is -1.90. The van der Waals surface area contributed by atoms with Crippen LogP contribution in [0.3, 0.4) is 0 Å². The number of hydrogen-bond acceptors (Lipinski definition) is 2. The van der Waals surface area contributed by atoms with E-state index in [4.69, 9.17) is 0 Å². The Labute approximate surface area is 90.6 Å². The normalized spacial score (nSPS) is 10.1. The molecule has 2 aromatic rings. The van der Waals surface area contributed by atoms with Gasteiger partial charge in [0.2, 0.25) is 5.95 Å². The van der Waals surface area contributed by atoms with E-state index in [-0.39, 0.29) is 5.56 Å². The molecule has 0 atom stereocenters. The predicted octanol–water partition coefficient (Wildman–Crippen LogP) is 2.84. The summed E-state index contributed by atoms with van der Waals surface area (Å²) in [4.78, 5) is 14.0. The first kappa shape index (κ1) is 10.4. The van der Waals surface area contributed by atoms with Gasteiger partial charge in [-0.15, -0.1) is 0 Å². The lowest BCUT2D eigenvalue weighted by atomic mass is 10.0. The molecule has 4 heteroatoms. The third kappa shape index (κ3) is 1.95. The molecular weight excluding hydrogens is 212 g/mol. The van der Waals surface area contributed by atoms with Crippen molar-refractivity contribution in [1.82, 2.24) is 4.98 Å². The van der Waals surface area contributed by atoms with Crippen LogP contribution in [0.25, 0.3) is 11.1 Å². The molecule has 0 saturated heterocycles. The topological polar surface area (TPSA) is 30.0 Å². The van der Waals surface area contributed by atoms with E-state index < -0.39 is 11.8 Å². The van der Waals surface area contributed by atoms with Crippen LogP contribution in [0.4, 0.5) is 8.78 Å². The molecule has 0 fully saturated rings. The molecule has 1 aromatic carbocycles. The molecule has 16 heavy (non-hydrogen) atoms. The molecule has 1 heterocycles. The van der Waals surface area contributed by atoms with Crippen molar-refractivity contribution < 1.29 is 13.6 Å². The fourth-order valence-electron chi connectivity index (χ4n) is 1.37. The summed E-state index contributed by atoms with van der Waals surface area (Å²) in [6.45, 7) is 0. The van der Waals surface area contributed by atoms with Crippen LogP contribution in [0, 0.1) is 11.8 Å². The SMILES string of the molecule is O=Cc1ccc(F)c(-c2ccc(F)nc2)c1. The average Bonchev–Trinajstić information content (AvgIpc) is 2.31. The molecule has 0 amide bonds. The number of carbonyl (C=O) groups excluding carboxylic acids is 1. The van der Waals surface area contributed by atoms with Gasteiger partial charge in [-0.05, 0) is 30.3 Å². The Balaban J connectivity index is 2.54. The Morgan fingerprint density at radius 3 is 2.56 bits per heavy atom. The molecule has 0 aliphatic carbocycles. The Hall–Kier alpha value is -2.10. The van der Waals surface area contributed by atoms with Gasteiger partial charge in [0.05, 0.1) is 0 Å². The molecule has 0 spiro atoms. The van der Waals surface area contributed by atoms with Crippen molar-refractivity contribution in [3.8, 4) is 11.1 Å². The molecule has 0 bridgehead atoms. The Morgan fingerprint density at radius 2 is 1.94 bits per heavy atom. The molecular formula is C12H7F2NO. The van der Waals surface area contributed by atoms with E-state index in [1.165, 1.54) is 30.5 Å². The number of rotatable bonds is 2. The number of pyridine rings is 1. The predicted molar refractivity (Wildman–Crippen MR) is 55.0 cm³/mol. The van der Waals surface area contributed by atoms with Gasteiger partial charge in [-0.25, -0.2) is 9.37 Å². The van der Waals surface area contributed by atoms with Crippen molar-refractivity contribution in [1.29, 1.82) is 0 Å². The zero-order valence-corrected chi connectivity index (χ0v) is 8.15. The number of halogens is 2. The second kappa shape index (κ2) is 4.18. The van der Waals surface area contributed by atoms with Crippen molar-refractivity contribution in [3.05, 3.63) is 53.9 Å². The summed E-state index contributed by atoms with van der Waals surface area (Å²) in [5.41, 5.74) is 1.03. The molecule has 80 valence electrons. The second-order valence-corrected chi connectivity index (χ2v) is 3.23. The van der Waals surface area contributed by atoms with Gasteiger partial charge in [0.25, 0.3) is 0 Å². The maximum absolute atomic E-state index is 13.5. The summed E-state index contributed by atoms with van der Waals surface area (Å²) >= 11 is 0. The van der Waals surface area contributed by atoms with Crippen LogP contribution in [0.2, 0.25) is 0 Å². The minimum absolute atomic E-state index is 0.233. The van der Waals surface area contributed by atoms with Gasteiger partial charge in [0.15, 0.2) is 0 Å². The van der Waals surface area contributed by atoms with E-state index in [2.05, 4.69) is 4.98 Å². The smallest absolute Gasteiger partial charge is 0.212 e. The fraction of sp³-hybridized carbons (Fsp3) is 0. The highest BCUT2D eigenvalue weighted by Gasteiger charge is 2.06. The second-order valence-electron chi connectivity index (χ2n) is 3.23. The Kier molecular flexibility index (Phi) is 2.72. The first-order valence-electron chi connectivity index (χ1n) is 4.57. The summed E-state index contributed by atoms with van der Waals surface area (Å²) in [6, 6.07) is 6.53. The van der Waals surface area contributed by atoms with E-state index in [9.17, 15) is 13.6 Å². The molecule has 0 aliphatic heterocycles. The summed E-state index contributed by atoms with van der Waals surface area (Å²) in [7, 11) is 0. The van der Waals surface area contributed by atoms with Gasteiger partial charge in [-0.1, -0.05) is 0 Å². The van der Waals surface area contributed by atoms with Gasteiger partial charge in [-0.2, -0.15) is 4.39 Å². The highest BCUT2D eigenvalue weighted by atomic mass is 19.1. The van der Waals surface area contributed by atoms with Gasteiger partial charge >= 0.3 is 0 Å². The van der Waals surface area contributed by atoms with E-state index in [0.717, 1.165) is 6.07 Å². The van der Waals surface area contributed by atoms with Crippen LogP contribution in [0.5, 0.6) is 0 Å². The molecule has 0 radical (unpaired) electrons. The van der Waals surface area contributed by atoms with E-state index in [1.807, 2.05) is 0 Å². The third-order valence-corrected chi connectivity index (χ3v) is 2.16. The van der Waals surface area contributed by atoms with Crippen LogP contribution in [0.1, 0.15) is 10.4 Å². The summed E-state index contributed by atoms with van der Waals surface area (Å²) in [5.74, 6) is -1.10. The largest absolute Gasteiger partial charge is 0.298 e. The number of nitrogens with zero attached hydrogens (tertiary/aromatic N) is 1. The lowest BCUT2D eigenvalue weighted by Gasteiger charge is -2.03. The van der Waals surface area contributed by atoms with E-state index in [1.54, 1.807) is 0 Å². The molecule has 0 saturated carbocycles. The first-order valence-corrected chi connectivity index (χ1v) is 4.57. The van der Waals surface area contributed by atoms with Crippen molar-refractivity contribution >= 4 is 6.29 Å². The fourth-order valence-corrected chi connectivity index (χ4v) is 1.37. The summed E-state index contributed by atoms with van der Waals surface area (Å²) < 4.78 is 26.0. The van der Waals surface area contributed by atoms with Crippen LogP contribution in [-0.4, -0.2) is 11.3 Å². The molecule has 2 nitrogen and oxygen atoms in total. The van der Waals surface area contributed by atoms with Crippen molar-refractivity contribution in [2.24, 2.45) is 0 Å². The maximum Gasteiger partial charge on any atom is 0.212 e. The Morgan fingerprint density at radius 1 is 1.12 bits per heavy atom. The van der Waals surface area contributed by atoms with Gasteiger partial charge < -0.3 is 0 Å². The van der Waals surface area contributed by atoms with Crippen LogP contribution < -0.4 is 0 Å². The monoisotopic (exact) mass is 219 g/mol. The van der Waals surface area contributed by atoms with Crippen molar-refractivity contribution in [2.45, 2.75) is 0 Å². The van der Waals surface area contributed by atoms with Crippen molar-refractivity contribution in [3.63, 3.8) is 0 Å². The van der Waals surface area contributed by atoms with Crippen LogP contribution in [-0.2, 0) is 0 Å². The van der Waals surface area contributed by atoms with Gasteiger partial charge in [-0.3, -0.25) is 4.79 Å². The molecule has 0 unspecified atom stereocenters. The van der Waals surface area contributed by atoms with Crippen LogP contribution >= 0.6 is 0 Å². The number of hydrogen-bond donors (Lipinski definition) is 0. The van der Waals surface area contributed by atoms with Crippen molar-refractivity contribution in [2.75, 3.05) is 0 Å². The number of aromatic nitrogens is 1. The minimum Gasteiger partial charge on any atom is -0.298 e. The molecule has 0 N–H and O–H groups in total. The summed E-state index contributed by atoms with van der Waals surface area (Å²) in [5, 5.41) is 0. The standard InChI is InChI=1S/C12H7F2NO/c13-11-3-1-8(7-16)5-10(11)9-2-4-12(14)15-6-9/h1-7H. The molecule has 0 aliphatic rings. The summed E-state index contributed by atoms with van der Waals surface area (Å²) in [6.07, 6.45) is 1.85. The van der Waals surface area contributed by atoms with Crippen LogP contribution in [0.15, 0.2) is 36.5 Å². The third-order valence-electron chi connectivity index (χ3n) is 2.16. The lowest BCUT2D eigenvalue weighted by molar-refractivity contribution is 0.112. The quantitative estimate of drug-likeness (QED) is 0.574. The first-order chi connectivity index (χ1) is 7.70. The van der Waals surface area contributed by atoms with E-state index >= 15 is 0 Å². The molecule has 2 rings (SSSR count). The zero-order chi connectivity index (χ0) is 11.5. The number of carbonyl (C=O) groups is 1. The zero-order valence-electron chi connectivity index (χ0n) is 8.15. The number of aldehydes is 1. The molecule has 1 aromatic heterocycles. The highest BCUT2D eigenvalue weighted by molar-refractivity contribution is 5.78.